The monoisotopic (exact) mass is 248 g/mol. The molecule has 2 aromatic rings. The number of phenols is 2. The molecule has 0 radical (unpaired) electrons. The molecule has 2 rings (SSSR count). The van der Waals surface area contributed by atoms with Crippen molar-refractivity contribution < 1.29 is 14.7 Å². The number of hydrogen-bond acceptors (Lipinski definition) is 5. The van der Waals surface area contributed by atoms with E-state index >= 15 is 0 Å². The minimum atomic E-state index is -0.0139. The van der Waals surface area contributed by atoms with Gasteiger partial charge in [-0.3, -0.25) is 0 Å². The van der Waals surface area contributed by atoms with Crippen LogP contribution in [0.2, 0.25) is 0 Å². The molecular weight excluding hydrogens is 232 g/mol. The summed E-state index contributed by atoms with van der Waals surface area (Å²) in [7, 11) is 0. The van der Waals surface area contributed by atoms with Crippen molar-refractivity contribution in [3.63, 3.8) is 0 Å². The summed E-state index contributed by atoms with van der Waals surface area (Å²) < 4.78 is 4.97. The maximum atomic E-state index is 9.42. The van der Waals surface area contributed by atoms with Crippen molar-refractivity contribution in [2.75, 3.05) is 0 Å². The average molecular weight is 248 g/mol. The number of phenolic OH excluding ortho intramolecular Hbond substituents is 2. The molecule has 0 bridgehead atoms. The first-order chi connectivity index (χ1) is 8.54. The molecule has 18 heavy (non-hydrogen) atoms. The van der Waals surface area contributed by atoms with Crippen LogP contribution in [0.15, 0.2) is 28.8 Å². The van der Waals surface area contributed by atoms with Crippen LogP contribution in [0.25, 0.3) is 0 Å². The molecule has 0 aliphatic rings. The van der Waals surface area contributed by atoms with E-state index in [9.17, 15) is 10.2 Å². The average Bonchev–Trinajstić information content (AvgIpc) is 2.70. The van der Waals surface area contributed by atoms with E-state index in [0.29, 0.717) is 6.54 Å². The maximum Gasteiger partial charge on any atom is 0.133 e. The normalized spacial score (nSPS) is 12.6. The van der Waals surface area contributed by atoms with Gasteiger partial charge in [-0.25, -0.2) is 0 Å². The van der Waals surface area contributed by atoms with Gasteiger partial charge < -0.3 is 20.1 Å². The molecule has 0 saturated carbocycles. The van der Waals surface area contributed by atoms with Gasteiger partial charge in [-0.2, -0.15) is 0 Å². The van der Waals surface area contributed by atoms with Crippen molar-refractivity contribution in [1.82, 2.24) is 10.5 Å². The van der Waals surface area contributed by atoms with E-state index in [1.165, 1.54) is 6.07 Å². The van der Waals surface area contributed by atoms with E-state index in [4.69, 9.17) is 4.52 Å². The molecule has 1 unspecified atom stereocenters. The van der Waals surface area contributed by atoms with Crippen LogP contribution in [0.5, 0.6) is 11.5 Å². The minimum absolute atomic E-state index is 0.0139. The molecule has 1 atom stereocenters. The van der Waals surface area contributed by atoms with Gasteiger partial charge in [0.25, 0.3) is 0 Å². The zero-order chi connectivity index (χ0) is 13.1. The lowest BCUT2D eigenvalue weighted by atomic mass is 10.1. The summed E-state index contributed by atoms with van der Waals surface area (Å²) in [6, 6.07) is 6.38. The number of rotatable bonds is 4. The Morgan fingerprint density at radius 1 is 1.22 bits per heavy atom. The van der Waals surface area contributed by atoms with Crippen molar-refractivity contribution in [1.29, 1.82) is 0 Å². The smallest absolute Gasteiger partial charge is 0.133 e. The van der Waals surface area contributed by atoms with Crippen molar-refractivity contribution in [3.8, 4) is 11.5 Å². The van der Waals surface area contributed by atoms with Gasteiger partial charge in [0.2, 0.25) is 0 Å². The minimum Gasteiger partial charge on any atom is -0.508 e. The van der Waals surface area contributed by atoms with Crippen LogP contribution < -0.4 is 5.32 Å². The largest absolute Gasteiger partial charge is 0.508 e. The highest BCUT2D eigenvalue weighted by Gasteiger charge is 2.09. The third-order valence-electron chi connectivity index (χ3n) is 2.69. The van der Waals surface area contributed by atoms with Gasteiger partial charge in [-0.05, 0) is 31.5 Å². The molecule has 5 nitrogen and oxygen atoms in total. The molecule has 0 aliphatic heterocycles. The first-order valence-electron chi connectivity index (χ1n) is 5.73. The fourth-order valence-electron chi connectivity index (χ4n) is 1.74. The number of benzene rings is 1. The highest BCUT2D eigenvalue weighted by molar-refractivity contribution is 5.37. The Kier molecular flexibility index (Phi) is 3.53. The molecule has 0 aliphatic carbocycles. The van der Waals surface area contributed by atoms with Gasteiger partial charge in [0.1, 0.15) is 17.3 Å². The van der Waals surface area contributed by atoms with Gasteiger partial charge in [-0.1, -0.05) is 5.16 Å². The van der Waals surface area contributed by atoms with Crippen molar-refractivity contribution in [2.24, 2.45) is 0 Å². The SMILES string of the molecule is Cc1cc(CNC(C)c2cc(O)cc(O)c2)no1. The Morgan fingerprint density at radius 3 is 2.44 bits per heavy atom. The van der Waals surface area contributed by atoms with Crippen LogP contribution in [0, 0.1) is 6.92 Å². The summed E-state index contributed by atoms with van der Waals surface area (Å²) in [5.41, 5.74) is 1.64. The Labute approximate surface area is 105 Å². The summed E-state index contributed by atoms with van der Waals surface area (Å²) in [6.07, 6.45) is 0. The lowest BCUT2D eigenvalue weighted by molar-refractivity contribution is 0.386. The third-order valence-corrected chi connectivity index (χ3v) is 2.69. The van der Waals surface area contributed by atoms with Crippen LogP contribution in [0.4, 0.5) is 0 Å². The predicted octanol–water partition coefficient (Wildman–Crippen LogP) is 2.25. The summed E-state index contributed by atoms with van der Waals surface area (Å²) in [6.45, 7) is 4.35. The molecule has 0 saturated heterocycles. The van der Waals surface area contributed by atoms with Crippen LogP contribution in [0.1, 0.15) is 30.0 Å². The van der Waals surface area contributed by atoms with Gasteiger partial charge in [-0.15, -0.1) is 0 Å². The standard InChI is InChI=1S/C13H16N2O3/c1-8-3-11(15-18-8)7-14-9(2)10-4-12(16)6-13(17)5-10/h3-6,9,14,16-17H,7H2,1-2H3. The Balaban J connectivity index is 2.01. The zero-order valence-electron chi connectivity index (χ0n) is 10.3. The number of aromatic nitrogens is 1. The van der Waals surface area contributed by atoms with Gasteiger partial charge in [0.05, 0.1) is 5.69 Å². The molecule has 0 spiro atoms. The molecule has 1 aromatic carbocycles. The number of aromatic hydroxyl groups is 2. The van der Waals surface area contributed by atoms with Crippen molar-refractivity contribution in [3.05, 3.63) is 41.3 Å². The van der Waals surface area contributed by atoms with Crippen LogP contribution in [0.3, 0.4) is 0 Å². The number of aryl methyl sites for hydroxylation is 1. The van der Waals surface area contributed by atoms with Crippen molar-refractivity contribution >= 4 is 0 Å². The summed E-state index contributed by atoms with van der Waals surface area (Å²) in [5, 5.41) is 26.0. The van der Waals surface area contributed by atoms with Gasteiger partial charge >= 0.3 is 0 Å². The second-order valence-corrected chi connectivity index (χ2v) is 4.31. The lowest BCUT2D eigenvalue weighted by Crippen LogP contribution is -2.18. The molecular formula is C13H16N2O3. The highest BCUT2D eigenvalue weighted by atomic mass is 16.5. The summed E-state index contributed by atoms with van der Waals surface area (Å²) >= 11 is 0. The molecule has 1 aromatic heterocycles. The molecule has 0 amide bonds. The summed E-state index contributed by atoms with van der Waals surface area (Å²) in [5.74, 6) is 0.876. The van der Waals surface area contributed by atoms with Crippen LogP contribution in [-0.2, 0) is 6.54 Å². The molecule has 5 heteroatoms. The second kappa shape index (κ2) is 5.10. The van der Waals surface area contributed by atoms with E-state index in [1.807, 2.05) is 19.9 Å². The van der Waals surface area contributed by atoms with Gasteiger partial charge in [0.15, 0.2) is 0 Å². The first kappa shape index (κ1) is 12.4. The van der Waals surface area contributed by atoms with Gasteiger partial charge in [0, 0.05) is 24.7 Å². The molecule has 3 N–H and O–H groups in total. The zero-order valence-corrected chi connectivity index (χ0v) is 10.3. The maximum absolute atomic E-state index is 9.42. The van der Waals surface area contributed by atoms with E-state index in [2.05, 4.69) is 10.5 Å². The second-order valence-electron chi connectivity index (χ2n) is 4.31. The Hall–Kier alpha value is -2.01. The van der Waals surface area contributed by atoms with E-state index < -0.39 is 0 Å². The fourth-order valence-corrected chi connectivity index (χ4v) is 1.74. The topological polar surface area (TPSA) is 78.5 Å². The van der Waals surface area contributed by atoms with Crippen LogP contribution in [-0.4, -0.2) is 15.4 Å². The quantitative estimate of drug-likeness (QED) is 0.773. The fraction of sp³-hybridized carbons (Fsp3) is 0.308. The number of hydrogen-bond donors (Lipinski definition) is 3. The van der Waals surface area contributed by atoms with Crippen molar-refractivity contribution in [2.45, 2.75) is 26.4 Å². The molecule has 96 valence electrons. The van der Waals surface area contributed by atoms with Crippen LogP contribution >= 0.6 is 0 Å². The highest BCUT2D eigenvalue weighted by Crippen LogP contribution is 2.24. The summed E-state index contributed by atoms with van der Waals surface area (Å²) in [4.78, 5) is 0. The Bertz CT molecular complexity index is 517. The van der Waals surface area contributed by atoms with E-state index in [-0.39, 0.29) is 17.5 Å². The number of nitrogens with one attached hydrogen (secondary N) is 1. The third kappa shape index (κ3) is 3.01. The predicted molar refractivity (Wildman–Crippen MR) is 66.3 cm³/mol. The van der Waals surface area contributed by atoms with E-state index in [0.717, 1.165) is 17.0 Å². The first-order valence-corrected chi connectivity index (χ1v) is 5.73. The molecule has 1 heterocycles. The Morgan fingerprint density at radius 2 is 1.89 bits per heavy atom. The lowest BCUT2D eigenvalue weighted by Gasteiger charge is -2.13. The number of nitrogens with zero attached hydrogens (tertiary/aromatic N) is 1. The van der Waals surface area contributed by atoms with E-state index in [1.54, 1.807) is 12.1 Å². The molecule has 0 fully saturated rings.